The maximum Gasteiger partial charge on any atom is 0.237 e. The van der Waals surface area contributed by atoms with Crippen molar-refractivity contribution in [2.45, 2.75) is 37.8 Å². The number of nitrogens with one attached hydrogen (secondary N) is 1. The number of rotatable bonds is 5. The summed E-state index contributed by atoms with van der Waals surface area (Å²) in [6, 6.07) is 13.2. The van der Waals surface area contributed by atoms with Crippen LogP contribution >= 0.6 is 11.8 Å². The molecule has 0 bridgehead atoms. The van der Waals surface area contributed by atoms with Crippen LogP contribution in [-0.2, 0) is 4.79 Å². The first-order valence-electron chi connectivity index (χ1n) is 7.52. The number of anilines is 1. The van der Waals surface area contributed by atoms with Crippen LogP contribution in [-0.4, -0.2) is 16.9 Å². The van der Waals surface area contributed by atoms with Crippen LogP contribution in [0.4, 0.5) is 5.69 Å². The van der Waals surface area contributed by atoms with Gasteiger partial charge < -0.3 is 5.32 Å². The monoisotopic (exact) mass is 327 g/mol. The quantitative estimate of drug-likeness (QED) is 0.643. The first-order valence-corrected chi connectivity index (χ1v) is 8.40. The predicted octanol–water partition coefficient (Wildman–Crippen LogP) is 4.63. The number of hydrogen-bond acceptors (Lipinski definition) is 3. The molecular weight excluding hydrogens is 306 g/mol. The summed E-state index contributed by atoms with van der Waals surface area (Å²) in [5.74, 6) is -0.0875. The Labute approximate surface area is 141 Å². The van der Waals surface area contributed by atoms with Crippen molar-refractivity contribution in [3.8, 4) is 0 Å². The van der Waals surface area contributed by atoms with Crippen molar-refractivity contribution >= 4 is 29.1 Å². The Hall–Kier alpha value is -2.07. The number of hydrogen-bond donors (Lipinski definition) is 1. The van der Waals surface area contributed by atoms with Crippen LogP contribution in [0.2, 0.25) is 0 Å². The van der Waals surface area contributed by atoms with Crippen molar-refractivity contribution in [1.29, 1.82) is 0 Å². The molecule has 0 unspecified atom stereocenters. The largest absolute Gasteiger partial charge is 0.325 e. The molecule has 0 aliphatic heterocycles. The Morgan fingerprint density at radius 3 is 2.52 bits per heavy atom. The van der Waals surface area contributed by atoms with Gasteiger partial charge in [0.25, 0.3) is 0 Å². The summed E-state index contributed by atoms with van der Waals surface area (Å²) >= 11 is 1.54. The van der Waals surface area contributed by atoms with Crippen LogP contribution in [0.1, 0.15) is 35.3 Å². The highest BCUT2D eigenvalue weighted by atomic mass is 32.2. The number of aryl methyl sites for hydroxylation is 2. The number of carbonyl (C=O) groups excluding carboxylic acids is 2. The number of benzene rings is 2. The van der Waals surface area contributed by atoms with E-state index in [0.29, 0.717) is 11.3 Å². The SMILES string of the molecule is CC(=O)c1cccc(NC(=O)[C@H](C)Sc2cc(C)ccc2C)c1. The van der Waals surface area contributed by atoms with Crippen molar-refractivity contribution in [3.63, 3.8) is 0 Å². The van der Waals surface area contributed by atoms with Gasteiger partial charge in [0.15, 0.2) is 5.78 Å². The second-order valence-electron chi connectivity index (χ2n) is 5.66. The molecule has 0 radical (unpaired) electrons. The summed E-state index contributed by atoms with van der Waals surface area (Å²) in [7, 11) is 0. The fourth-order valence-corrected chi connectivity index (χ4v) is 3.19. The maximum atomic E-state index is 12.4. The average Bonchev–Trinajstić information content (AvgIpc) is 2.51. The van der Waals surface area contributed by atoms with E-state index in [1.54, 1.807) is 36.0 Å². The molecule has 0 aromatic heterocycles. The van der Waals surface area contributed by atoms with Crippen LogP contribution in [0.25, 0.3) is 0 Å². The molecular formula is C19H21NO2S. The molecule has 0 fully saturated rings. The summed E-state index contributed by atoms with van der Waals surface area (Å²) in [5, 5.41) is 2.65. The summed E-state index contributed by atoms with van der Waals surface area (Å²) in [6.45, 7) is 7.49. The molecule has 4 heteroatoms. The van der Waals surface area contributed by atoms with Gasteiger partial charge in [-0.1, -0.05) is 29.8 Å². The van der Waals surface area contributed by atoms with E-state index in [1.807, 2.05) is 20.8 Å². The van der Waals surface area contributed by atoms with Crippen molar-refractivity contribution in [3.05, 3.63) is 59.2 Å². The molecule has 0 spiro atoms. The van der Waals surface area contributed by atoms with Crippen molar-refractivity contribution in [1.82, 2.24) is 0 Å². The lowest BCUT2D eigenvalue weighted by Crippen LogP contribution is -2.22. The number of carbonyl (C=O) groups is 2. The lowest BCUT2D eigenvalue weighted by Gasteiger charge is -2.14. The zero-order chi connectivity index (χ0) is 17.0. The molecule has 2 rings (SSSR count). The number of ketones is 1. The second-order valence-corrected chi connectivity index (χ2v) is 7.04. The van der Waals surface area contributed by atoms with Crippen LogP contribution in [0, 0.1) is 13.8 Å². The third-order valence-corrected chi connectivity index (χ3v) is 4.81. The molecule has 1 atom stereocenters. The smallest absolute Gasteiger partial charge is 0.237 e. The molecule has 0 aliphatic rings. The van der Waals surface area contributed by atoms with Crippen LogP contribution in [0.5, 0.6) is 0 Å². The highest BCUT2D eigenvalue weighted by Gasteiger charge is 2.16. The van der Waals surface area contributed by atoms with E-state index in [1.165, 1.54) is 18.1 Å². The molecule has 0 heterocycles. The van der Waals surface area contributed by atoms with E-state index in [9.17, 15) is 9.59 Å². The highest BCUT2D eigenvalue weighted by molar-refractivity contribution is 8.00. The van der Waals surface area contributed by atoms with Crippen LogP contribution < -0.4 is 5.32 Å². The van der Waals surface area contributed by atoms with Gasteiger partial charge in [0.2, 0.25) is 5.91 Å². The van der Waals surface area contributed by atoms with E-state index in [0.717, 1.165) is 4.90 Å². The molecule has 1 amide bonds. The van der Waals surface area contributed by atoms with E-state index in [-0.39, 0.29) is 16.9 Å². The lowest BCUT2D eigenvalue weighted by molar-refractivity contribution is -0.115. The minimum Gasteiger partial charge on any atom is -0.325 e. The minimum absolute atomic E-state index is 0.0149. The zero-order valence-electron chi connectivity index (χ0n) is 13.8. The Balaban J connectivity index is 2.07. The Morgan fingerprint density at radius 1 is 1.09 bits per heavy atom. The molecule has 23 heavy (non-hydrogen) atoms. The number of amides is 1. The first kappa shape index (κ1) is 17.3. The van der Waals surface area contributed by atoms with Crippen molar-refractivity contribution < 1.29 is 9.59 Å². The molecule has 0 saturated heterocycles. The Bertz CT molecular complexity index is 740. The molecule has 2 aromatic rings. The van der Waals surface area contributed by atoms with E-state index in [2.05, 4.69) is 23.5 Å². The summed E-state index contributed by atoms with van der Waals surface area (Å²) in [6.07, 6.45) is 0. The van der Waals surface area contributed by atoms with E-state index in [4.69, 9.17) is 0 Å². The molecule has 0 aliphatic carbocycles. The van der Waals surface area contributed by atoms with Gasteiger partial charge in [-0.2, -0.15) is 0 Å². The van der Waals surface area contributed by atoms with E-state index < -0.39 is 0 Å². The Kier molecular flexibility index (Phi) is 5.61. The number of Topliss-reactive ketones (excluding diaryl/α,β-unsaturated/α-hetero) is 1. The van der Waals surface area contributed by atoms with Gasteiger partial charge in [0.05, 0.1) is 5.25 Å². The lowest BCUT2D eigenvalue weighted by atomic mass is 10.1. The van der Waals surface area contributed by atoms with Gasteiger partial charge >= 0.3 is 0 Å². The van der Waals surface area contributed by atoms with Gasteiger partial charge in [-0.05, 0) is 51.5 Å². The normalized spacial score (nSPS) is 11.8. The minimum atomic E-state index is -0.225. The molecule has 3 nitrogen and oxygen atoms in total. The zero-order valence-corrected chi connectivity index (χ0v) is 14.7. The molecule has 120 valence electrons. The first-order chi connectivity index (χ1) is 10.9. The second kappa shape index (κ2) is 7.47. The van der Waals surface area contributed by atoms with Gasteiger partial charge in [-0.15, -0.1) is 11.8 Å². The van der Waals surface area contributed by atoms with Crippen molar-refractivity contribution in [2.75, 3.05) is 5.32 Å². The topological polar surface area (TPSA) is 46.2 Å². The maximum absolute atomic E-state index is 12.4. The standard InChI is InChI=1S/C19H21NO2S/c1-12-8-9-13(2)18(10-12)23-15(4)19(22)20-17-7-5-6-16(11-17)14(3)21/h5-11,15H,1-4H3,(H,20,22)/t15-/m0/s1. The predicted molar refractivity (Wildman–Crippen MR) is 96.3 cm³/mol. The summed E-state index contributed by atoms with van der Waals surface area (Å²) in [4.78, 5) is 24.9. The average molecular weight is 327 g/mol. The van der Waals surface area contributed by atoms with Crippen molar-refractivity contribution in [2.24, 2.45) is 0 Å². The van der Waals surface area contributed by atoms with Gasteiger partial charge in [-0.3, -0.25) is 9.59 Å². The summed E-state index contributed by atoms with van der Waals surface area (Å²) in [5.41, 5.74) is 3.59. The van der Waals surface area contributed by atoms with Gasteiger partial charge in [0, 0.05) is 16.1 Å². The van der Waals surface area contributed by atoms with Crippen LogP contribution in [0.3, 0.4) is 0 Å². The third kappa shape index (κ3) is 4.70. The van der Waals surface area contributed by atoms with Gasteiger partial charge in [0.1, 0.15) is 0 Å². The number of thioether (sulfide) groups is 1. The highest BCUT2D eigenvalue weighted by Crippen LogP contribution is 2.28. The van der Waals surface area contributed by atoms with Crippen LogP contribution in [0.15, 0.2) is 47.4 Å². The van der Waals surface area contributed by atoms with Gasteiger partial charge in [-0.25, -0.2) is 0 Å². The third-order valence-electron chi connectivity index (χ3n) is 3.55. The molecule has 2 aromatic carbocycles. The van der Waals surface area contributed by atoms with E-state index >= 15 is 0 Å². The Morgan fingerprint density at radius 2 is 1.83 bits per heavy atom. The fraction of sp³-hybridized carbons (Fsp3) is 0.263. The molecule has 0 saturated carbocycles. The summed E-state index contributed by atoms with van der Waals surface area (Å²) < 4.78 is 0. The fourth-order valence-electron chi connectivity index (χ4n) is 2.14. The molecule has 1 N–H and O–H groups in total.